The fraction of sp³-hybridized carbons (Fsp3) is 0.300. The van der Waals surface area contributed by atoms with Gasteiger partial charge in [0.05, 0.1) is 17.3 Å². The van der Waals surface area contributed by atoms with Crippen LogP contribution in [0, 0.1) is 11.8 Å². The Bertz CT molecular complexity index is 746. The van der Waals surface area contributed by atoms with Crippen molar-refractivity contribution < 1.29 is 14.7 Å². The lowest BCUT2D eigenvalue weighted by atomic mass is 9.81. The van der Waals surface area contributed by atoms with Crippen LogP contribution in [0.1, 0.15) is 25.7 Å². The van der Waals surface area contributed by atoms with Gasteiger partial charge in [0, 0.05) is 11.6 Å². The Balaban J connectivity index is 1.70. The highest BCUT2D eigenvalue weighted by molar-refractivity contribution is 5.96. The summed E-state index contributed by atoms with van der Waals surface area (Å²) in [4.78, 5) is 23.8. The Kier molecular flexibility index (Phi) is 5.33. The first kappa shape index (κ1) is 17.0. The van der Waals surface area contributed by atoms with Gasteiger partial charge in [-0.05, 0) is 43.5 Å². The Morgan fingerprint density at radius 1 is 0.880 bits per heavy atom. The number of hydrogen-bond acceptors (Lipinski definition) is 3. The van der Waals surface area contributed by atoms with E-state index in [4.69, 9.17) is 0 Å². The molecule has 0 aliphatic heterocycles. The number of carbonyl (C=O) groups excluding carboxylic acids is 1. The van der Waals surface area contributed by atoms with Gasteiger partial charge in [-0.15, -0.1) is 0 Å². The van der Waals surface area contributed by atoms with Crippen molar-refractivity contribution in [3.63, 3.8) is 0 Å². The maximum atomic E-state index is 12.6. The molecule has 5 heteroatoms. The summed E-state index contributed by atoms with van der Waals surface area (Å²) in [6, 6.07) is 17.3. The van der Waals surface area contributed by atoms with E-state index in [9.17, 15) is 14.7 Å². The van der Waals surface area contributed by atoms with Crippen LogP contribution < -0.4 is 10.6 Å². The van der Waals surface area contributed by atoms with Crippen LogP contribution in [0.4, 0.5) is 17.1 Å². The van der Waals surface area contributed by atoms with E-state index < -0.39 is 11.9 Å². The number of benzene rings is 2. The molecule has 130 valence electrons. The van der Waals surface area contributed by atoms with Crippen LogP contribution in [0.5, 0.6) is 0 Å². The number of carboxylic acids is 1. The van der Waals surface area contributed by atoms with Crippen LogP contribution in [0.15, 0.2) is 54.6 Å². The van der Waals surface area contributed by atoms with Crippen molar-refractivity contribution in [1.29, 1.82) is 0 Å². The highest BCUT2D eigenvalue weighted by Crippen LogP contribution is 2.31. The molecule has 5 nitrogen and oxygen atoms in total. The van der Waals surface area contributed by atoms with Gasteiger partial charge in [0.1, 0.15) is 0 Å². The first-order chi connectivity index (χ1) is 12.1. The molecule has 2 atom stereocenters. The maximum Gasteiger partial charge on any atom is 0.306 e. The summed E-state index contributed by atoms with van der Waals surface area (Å²) in [5, 5.41) is 15.5. The number of nitrogens with one attached hydrogen (secondary N) is 2. The first-order valence-electron chi connectivity index (χ1n) is 8.58. The molecule has 2 unspecified atom stereocenters. The molecule has 1 saturated carbocycles. The van der Waals surface area contributed by atoms with E-state index in [1.807, 2.05) is 54.6 Å². The minimum Gasteiger partial charge on any atom is -0.481 e. The molecular formula is C20H22N2O3. The van der Waals surface area contributed by atoms with Gasteiger partial charge in [-0.25, -0.2) is 0 Å². The van der Waals surface area contributed by atoms with Crippen molar-refractivity contribution in [3.05, 3.63) is 54.6 Å². The van der Waals surface area contributed by atoms with E-state index in [0.29, 0.717) is 18.5 Å². The van der Waals surface area contributed by atoms with Gasteiger partial charge in [-0.1, -0.05) is 36.8 Å². The Hall–Kier alpha value is -2.82. The van der Waals surface area contributed by atoms with Gasteiger partial charge in [0.25, 0.3) is 0 Å². The quantitative estimate of drug-likeness (QED) is 0.761. The van der Waals surface area contributed by atoms with Crippen LogP contribution in [0.3, 0.4) is 0 Å². The average molecular weight is 338 g/mol. The molecule has 2 aromatic carbocycles. The summed E-state index contributed by atoms with van der Waals surface area (Å²) in [5.41, 5.74) is 2.45. The third-order valence-electron chi connectivity index (χ3n) is 4.63. The predicted octanol–water partition coefficient (Wildman–Crippen LogP) is 4.26. The molecule has 1 amide bonds. The first-order valence-corrected chi connectivity index (χ1v) is 8.58. The molecule has 1 aliphatic rings. The summed E-state index contributed by atoms with van der Waals surface area (Å²) < 4.78 is 0. The van der Waals surface area contributed by atoms with E-state index in [1.165, 1.54) is 0 Å². The molecule has 3 N–H and O–H groups in total. The Labute approximate surface area is 147 Å². The van der Waals surface area contributed by atoms with Gasteiger partial charge in [0.15, 0.2) is 0 Å². The third-order valence-corrected chi connectivity index (χ3v) is 4.63. The minimum absolute atomic E-state index is 0.103. The van der Waals surface area contributed by atoms with E-state index >= 15 is 0 Å². The molecule has 0 aromatic heterocycles. The topological polar surface area (TPSA) is 78.4 Å². The molecule has 3 rings (SSSR count). The van der Waals surface area contributed by atoms with Crippen molar-refractivity contribution in [2.75, 3.05) is 10.6 Å². The number of hydrogen-bond donors (Lipinski definition) is 3. The van der Waals surface area contributed by atoms with Crippen molar-refractivity contribution >= 4 is 28.9 Å². The number of amides is 1. The fourth-order valence-corrected chi connectivity index (χ4v) is 3.27. The highest BCUT2D eigenvalue weighted by Gasteiger charge is 2.31. The van der Waals surface area contributed by atoms with Crippen molar-refractivity contribution in [2.24, 2.45) is 11.8 Å². The van der Waals surface area contributed by atoms with E-state index in [1.54, 1.807) is 0 Å². The smallest absolute Gasteiger partial charge is 0.306 e. The molecule has 1 aliphatic carbocycles. The summed E-state index contributed by atoms with van der Waals surface area (Å²) in [6.45, 7) is 0. The number of carbonyl (C=O) groups is 2. The second-order valence-corrected chi connectivity index (χ2v) is 6.42. The number of rotatable bonds is 5. The zero-order valence-corrected chi connectivity index (χ0v) is 13.9. The molecule has 0 radical (unpaired) electrons. The molecule has 25 heavy (non-hydrogen) atoms. The number of para-hydroxylation sites is 3. The van der Waals surface area contributed by atoms with Gasteiger partial charge in [-0.3, -0.25) is 9.59 Å². The minimum atomic E-state index is -0.802. The fourth-order valence-electron chi connectivity index (χ4n) is 3.27. The molecule has 0 bridgehead atoms. The van der Waals surface area contributed by atoms with Crippen molar-refractivity contribution in [1.82, 2.24) is 0 Å². The summed E-state index contributed by atoms with van der Waals surface area (Å²) >= 11 is 0. The summed E-state index contributed by atoms with van der Waals surface area (Å²) in [7, 11) is 0. The van der Waals surface area contributed by atoms with Gasteiger partial charge < -0.3 is 15.7 Å². The van der Waals surface area contributed by atoms with Crippen molar-refractivity contribution in [2.45, 2.75) is 25.7 Å². The van der Waals surface area contributed by atoms with Crippen LogP contribution in [0.2, 0.25) is 0 Å². The predicted molar refractivity (Wildman–Crippen MR) is 97.9 cm³/mol. The van der Waals surface area contributed by atoms with Gasteiger partial charge in [-0.2, -0.15) is 0 Å². The summed E-state index contributed by atoms with van der Waals surface area (Å²) in [5.74, 6) is -1.57. The number of carboxylic acid groups (broad SMARTS) is 1. The normalized spacial score (nSPS) is 19.8. The maximum absolute atomic E-state index is 12.6. The lowest BCUT2D eigenvalue weighted by Crippen LogP contribution is -2.31. The lowest BCUT2D eigenvalue weighted by Gasteiger charge is -2.26. The zero-order chi connectivity index (χ0) is 17.6. The van der Waals surface area contributed by atoms with Crippen LogP contribution in [-0.2, 0) is 9.59 Å². The second-order valence-electron chi connectivity index (χ2n) is 6.42. The third kappa shape index (κ3) is 4.38. The zero-order valence-electron chi connectivity index (χ0n) is 13.9. The van der Waals surface area contributed by atoms with Gasteiger partial charge >= 0.3 is 5.97 Å². The number of aliphatic carboxylic acids is 1. The van der Waals surface area contributed by atoms with Crippen LogP contribution >= 0.6 is 0 Å². The standard InChI is InChI=1S/C20H22N2O3/c23-19(14-7-6-8-15(13-14)20(24)25)22-18-12-5-4-11-17(18)21-16-9-2-1-3-10-16/h1-5,9-12,14-15,21H,6-8,13H2,(H,22,23)(H,24,25). The van der Waals surface area contributed by atoms with Crippen LogP contribution in [0.25, 0.3) is 0 Å². The Morgan fingerprint density at radius 2 is 1.52 bits per heavy atom. The molecule has 0 spiro atoms. The molecule has 1 fully saturated rings. The molecule has 0 saturated heterocycles. The van der Waals surface area contributed by atoms with Gasteiger partial charge in [0.2, 0.25) is 5.91 Å². The average Bonchev–Trinajstić information content (AvgIpc) is 2.64. The lowest BCUT2D eigenvalue weighted by molar-refractivity contribution is -0.143. The second kappa shape index (κ2) is 7.83. The highest BCUT2D eigenvalue weighted by atomic mass is 16.4. The van der Waals surface area contributed by atoms with E-state index in [-0.39, 0.29) is 11.8 Å². The number of anilines is 3. The van der Waals surface area contributed by atoms with E-state index in [0.717, 1.165) is 24.2 Å². The van der Waals surface area contributed by atoms with E-state index in [2.05, 4.69) is 10.6 Å². The van der Waals surface area contributed by atoms with Crippen molar-refractivity contribution in [3.8, 4) is 0 Å². The molecular weight excluding hydrogens is 316 g/mol. The van der Waals surface area contributed by atoms with Crippen LogP contribution in [-0.4, -0.2) is 17.0 Å². The molecule has 0 heterocycles. The largest absolute Gasteiger partial charge is 0.481 e. The monoisotopic (exact) mass is 338 g/mol. The molecule has 2 aromatic rings. The summed E-state index contributed by atoms with van der Waals surface area (Å²) in [6.07, 6.45) is 2.59. The SMILES string of the molecule is O=C(O)C1CCCC(C(=O)Nc2ccccc2Nc2ccccc2)C1. The Morgan fingerprint density at radius 3 is 2.24 bits per heavy atom.